The quantitative estimate of drug-likeness (QED) is 0.741. The van der Waals surface area contributed by atoms with Gasteiger partial charge < -0.3 is 15.5 Å². The molecule has 2 N–H and O–H groups in total. The Balaban J connectivity index is 1.46. The molecule has 2 aliphatic rings. The Bertz CT molecular complexity index is 656. The summed E-state index contributed by atoms with van der Waals surface area (Å²) in [5.41, 5.74) is 0. The Morgan fingerprint density at radius 2 is 2.04 bits per heavy atom. The molecule has 0 bridgehead atoms. The van der Waals surface area contributed by atoms with Crippen LogP contribution < -0.4 is 15.5 Å². The third-order valence-electron chi connectivity index (χ3n) is 4.16. The van der Waals surface area contributed by atoms with Gasteiger partial charge in [0.1, 0.15) is 5.82 Å². The van der Waals surface area contributed by atoms with Crippen LogP contribution in [0, 0.1) is 0 Å². The number of rotatable bonds is 5. The molecule has 0 spiro atoms. The van der Waals surface area contributed by atoms with Crippen molar-refractivity contribution in [2.24, 2.45) is 4.99 Å². The highest BCUT2D eigenvalue weighted by Crippen LogP contribution is 2.14. The molecule has 3 heterocycles. The molecule has 3 rings (SSSR count). The van der Waals surface area contributed by atoms with Crippen molar-refractivity contribution < 1.29 is 8.42 Å². The second-order valence-electron chi connectivity index (χ2n) is 5.83. The number of guanidine groups is 1. The average Bonchev–Trinajstić information content (AvgIpc) is 2.63. The highest BCUT2D eigenvalue weighted by molar-refractivity contribution is 7.89. The number of anilines is 1. The standard InChI is InChI=1S/C15H24N6O2S/c22-24(23,13-8-19-15-17-6-3-7-18-15)21-11-9-20(10-12-21)14-4-1-2-5-16-14/h1-2,4-5H,3,6-13H2,(H2,17,18,19). The molecule has 0 radical (unpaired) electrons. The minimum Gasteiger partial charge on any atom is -0.356 e. The Kier molecular flexibility index (Phi) is 5.52. The van der Waals surface area contributed by atoms with Crippen LogP contribution in [0.2, 0.25) is 0 Å². The largest absolute Gasteiger partial charge is 0.356 e. The molecule has 132 valence electrons. The number of aromatic nitrogens is 1. The van der Waals surface area contributed by atoms with E-state index in [-0.39, 0.29) is 5.75 Å². The van der Waals surface area contributed by atoms with Crippen LogP contribution in [0.1, 0.15) is 6.42 Å². The Labute approximate surface area is 143 Å². The molecule has 8 nitrogen and oxygen atoms in total. The first-order valence-electron chi connectivity index (χ1n) is 8.31. The number of sulfonamides is 1. The molecule has 24 heavy (non-hydrogen) atoms. The molecular weight excluding hydrogens is 328 g/mol. The number of nitrogens with one attached hydrogen (secondary N) is 2. The first-order valence-corrected chi connectivity index (χ1v) is 9.92. The van der Waals surface area contributed by atoms with Gasteiger partial charge in [-0.25, -0.2) is 13.4 Å². The summed E-state index contributed by atoms with van der Waals surface area (Å²) in [7, 11) is -3.25. The van der Waals surface area contributed by atoms with E-state index in [4.69, 9.17) is 0 Å². The first kappa shape index (κ1) is 17.0. The van der Waals surface area contributed by atoms with Gasteiger partial charge in [0.15, 0.2) is 5.96 Å². The maximum atomic E-state index is 12.5. The van der Waals surface area contributed by atoms with E-state index in [2.05, 4.69) is 25.5 Å². The van der Waals surface area contributed by atoms with Gasteiger partial charge in [-0.15, -0.1) is 0 Å². The molecular formula is C15H24N6O2S. The van der Waals surface area contributed by atoms with E-state index < -0.39 is 10.0 Å². The summed E-state index contributed by atoms with van der Waals surface area (Å²) in [6.45, 7) is 4.37. The van der Waals surface area contributed by atoms with Crippen molar-refractivity contribution in [2.75, 3.05) is 56.5 Å². The average molecular weight is 352 g/mol. The molecule has 0 aliphatic carbocycles. The third-order valence-corrected chi connectivity index (χ3v) is 6.03. The van der Waals surface area contributed by atoms with E-state index in [1.54, 1.807) is 10.5 Å². The second kappa shape index (κ2) is 7.80. The van der Waals surface area contributed by atoms with Gasteiger partial charge in [-0.1, -0.05) is 6.07 Å². The number of hydrogen-bond acceptors (Lipinski definition) is 7. The van der Waals surface area contributed by atoms with Crippen LogP contribution in [-0.4, -0.2) is 75.2 Å². The van der Waals surface area contributed by atoms with Crippen molar-refractivity contribution in [3.63, 3.8) is 0 Å². The van der Waals surface area contributed by atoms with Crippen molar-refractivity contribution in [3.05, 3.63) is 24.4 Å². The van der Waals surface area contributed by atoms with E-state index >= 15 is 0 Å². The Morgan fingerprint density at radius 1 is 1.21 bits per heavy atom. The normalized spacial score (nSPS) is 19.5. The molecule has 0 aromatic carbocycles. The van der Waals surface area contributed by atoms with Gasteiger partial charge in [-0.2, -0.15) is 4.31 Å². The van der Waals surface area contributed by atoms with Crippen LogP contribution in [0.15, 0.2) is 29.4 Å². The van der Waals surface area contributed by atoms with Gasteiger partial charge in [0.25, 0.3) is 0 Å². The molecule has 0 unspecified atom stereocenters. The van der Waals surface area contributed by atoms with Gasteiger partial charge in [0, 0.05) is 52.0 Å². The summed E-state index contributed by atoms with van der Waals surface area (Å²) in [4.78, 5) is 10.7. The molecule has 1 saturated heterocycles. The summed E-state index contributed by atoms with van der Waals surface area (Å²) in [5.74, 6) is 1.69. The van der Waals surface area contributed by atoms with Crippen LogP contribution >= 0.6 is 0 Å². The third kappa shape index (κ3) is 4.35. The van der Waals surface area contributed by atoms with Gasteiger partial charge in [0.2, 0.25) is 10.0 Å². The van der Waals surface area contributed by atoms with Crippen molar-refractivity contribution >= 4 is 21.8 Å². The van der Waals surface area contributed by atoms with Crippen LogP contribution in [0.25, 0.3) is 0 Å². The van der Waals surface area contributed by atoms with E-state index in [9.17, 15) is 8.42 Å². The van der Waals surface area contributed by atoms with E-state index in [1.165, 1.54) is 0 Å². The van der Waals surface area contributed by atoms with E-state index in [1.807, 2.05) is 18.2 Å². The lowest BCUT2D eigenvalue weighted by molar-refractivity contribution is 0.384. The summed E-state index contributed by atoms with van der Waals surface area (Å²) >= 11 is 0. The molecule has 9 heteroatoms. The van der Waals surface area contributed by atoms with Crippen LogP contribution in [0.5, 0.6) is 0 Å². The number of nitrogens with zero attached hydrogens (tertiary/aromatic N) is 4. The maximum absolute atomic E-state index is 12.5. The van der Waals surface area contributed by atoms with Crippen LogP contribution in [-0.2, 0) is 10.0 Å². The lowest BCUT2D eigenvalue weighted by atomic mass is 10.3. The summed E-state index contributed by atoms with van der Waals surface area (Å²) in [6.07, 6.45) is 2.77. The van der Waals surface area contributed by atoms with E-state index in [0.717, 1.165) is 25.3 Å². The number of hydrogen-bond donors (Lipinski definition) is 2. The van der Waals surface area contributed by atoms with Crippen LogP contribution in [0.3, 0.4) is 0 Å². The van der Waals surface area contributed by atoms with Crippen molar-refractivity contribution in [1.29, 1.82) is 0 Å². The summed E-state index contributed by atoms with van der Waals surface area (Å²) in [6, 6.07) is 5.77. The smallest absolute Gasteiger partial charge is 0.215 e. The Hall–Kier alpha value is -1.87. The van der Waals surface area contributed by atoms with Gasteiger partial charge in [0.05, 0.1) is 5.75 Å². The molecule has 0 saturated carbocycles. The zero-order chi connectivity index (χ0) is 16.8. The topological polar surface area (TPSA) is 89.9 Å². The number of aliphatic imine (C=N–C) groups is 1. The summed E-state index contributed by atoms with van der Waals surface area (Å²) in [5, 5.41) is 6.19. The van der Waals surface area contributed by atoms with Crippen molar-refractivity contribution in [1.82, 2.24) is 19.9 Å². The second-order valence-corrected chi connectivity index (χ2v) is 7.92. The number of pyridine rings is 1. The Morgan fingerprint density at radius 3 is 2.71 bits per heavy atom. The predicted octanol–water partition coefficient (Wildman–Crippen LogP) is -0.528. The fourth-order valence-corrected chi connectivity index (χ4v) is 4.15. The minimum atomic E-state index is -3.25. The van der Waals surface area contributed by atoms with Crippen LogP contribution in [0.4, 0.5) is 5.82 Å². The van der Waals surface area contributed by atoms with Gasteiger partial charge >= 0.3 is 0 Å². The molecule has 1 fully saturated rings. The first-order chi connectivity index (χ1) is 11.6. The van der Waals surface area contributed by atoms with Gasteiger partial charge in [-0.3, -0.25) is 4.99 Å². The molecule has 0 atom stereocenters. The molecule has 1 aromatic heterocycles. The van der Waals surface area contributed by atoms with Crippen molar-refractivity contribution in [2.45, 2.75) is 6.42 Å². The highest BCUT2D eigenvalue weighted by Gasteiger charge is 2.27. The zero-order valence-corrected chi connectivity index (χ0v) is 14.5. The minimum absolute atomic E-state index is 0.0806. The number of piperazine rings is 1. The molecule has 2 aliphatic heterocycles. The fourth-order valence-electron chi connectivity index (χ4n) is 2.81. The molecule has 1 aromatic rings. The molecule has 0 amide bonds. The monoisotopic (exact) mass is 352 g/mol. The SMILES string of the molecule is O=S(=O)(CCNC1=NCCCN1)N1CCN(c2ccccn2)CC1. The zero-order valence-electron chi connectivity index (χ0n) is 13.7. The lowest BCUT2D eigenvalue weighted by Gasteiger charge is -2.34. The highest BCUT2D eigenvalue weighted by atomic mass is 32.2. The van der Waals surface area contributed by atoms with Gasteiger partial charge in [-0.05, 0) is 18.6 Å². The fraction of sp³-hybridized carbons (Fsp3) is 0.600. The van der Waals surface area contributed by atoms with Crippen molar-refractivity contribution in [3.8, 4) is 0 Å². The lowest BCUT2D eigenvalue weighted by Crippen LogP contribution is -2.50. The predicted molar refractivity (Wildman–Crippen MR) is 94.7 cm³/mol. The van der Waals surface area contributed by atoms with E-state index in [0.29, 0.717) is 38.7 Å². The maximum Gasteiger partial charge on any atom is 0.215 e. The summed E-state index contributed by atoms with van der Waals surface area (Å²) < 4.78 is 26.5.